The summed E-state index contributed by atoms with van der Waals surface area (Å²) in [5.41, 5.74) is 4.15. The van der Waals surface area contributed by atoms with Crippen molar-refractivity contribution >= 4 is 5.91 Å². The highest BCUT2D eigenvalue weighted by atomic mass is 19.1. The predicted molar refractivity (Wildman–Crippen MR) is 105 cm³/mol. The quantitative estimate of drug-likeness (QED) is 0.704. The van der Waals surface area contributed by atoms with E-state index in [1.807, 2.05) is 32.0 Å². The number of nitrogens with one attached hydrogen (secondary N) is 1. The standard InChI is InChI=1S/C22H22FN3O2/c1-14-4-5-15(2)21(10-14)28-16(3)22(27)24-12-19-11-20(26-13-25-19)17-6-8-18(23)9-7-17/h4-11,13,16H,12H2,1-3H3,(H,24,27). The molecule has 1 N–H and O–H groups in total. The fourth-order valence-corrected chi connectivity index (χ4v) is 2.67. The van der Waals surface area contributed by atoms with Gasteiger partial charge in [0.25, 0.3) is 5.91 Å². The van der Waals surface area contributed by atoms with Crippen LogP contribution in [0.5, 0.6) is 5.75 Å². The van der Waals surface area contributed by atoms with Crippen LogP contribution >= 0.6 is 0 Å². The van der Waals surface area contributed by atoms with Crippen molar-refractivity contribution < 1.29 is 13.9 Å². The third kappa shape index (κ3) is 4.91. The van der Waals surface area contributed by atoms with E-state index >= 15 is 0 Å². The average molecular weight is 379 g/mol. The summed E-state index contributed by atoms with van der Waals surface area (Å²) in [5.74, 6) is 0.161. The number of aryl methyl sites for hydroxylation is 2. The number of hydrogen-bond acceptors (Lipinski definition) is 4. The molecule has 0 aliphatic rings. The Balaban J connectivity index is 1.62. The molecular weight excluding hydrogens is 357 g/mol. The lowest BCUT2D eigenvalue weighted by Gasteiger charge is -2.16. The normalized spacial score (nSPS) is 11.7. The van der Waals surface area contributed by atoms with Crippen LogP contribution in [0, 0.1) is 19.7 Å². The fraction of sp³-hybridized carbons (Fsp3) is 0.227. The first kappa shape index (κ1) is 19.5. The number of halogens is 1. The molecule has 0 aliphatic carbocycles. The maximum Gasteiger partial charge on any atom is 0.261 e. The molecule has 0 saturated carbocycles. The summed E-state index contributed by atoms with van der Waals surface area (Å²) in [6.07, 6.45) is 0.787. The van der Waals surface area contributed by atoms with Crippen LogP contribution in [0.3, 0.4) is 0 Å². The number of carbonyl (C=O) groups is 1. The van der Waals surface area contributed by atoms with Crippen LogP contribution in [0.1, 0.15) is 23.7 Å². The minimum Gasteiger partial charge on any atom is -0.481 e. The van der Waals surface area contributed by atoms with Crippen molar-refractivity contribution in [1.82, 2.24) is 15.3 Å². The Kier molecular flexibility index (Phi) is 5.99. The van der Waals surface area contributed by atoms with Gasteiger partial charge in [-0.2, -0.15) is 0 Å². The van der Waals surface area contributed by atoms with E-state index in [0.717, 1.165) is 16.7 Å². The second-order valence-electron chi connectivity index (χ2n) is 6.65. The summed E-state index contributed by atoms with van der Waals surface area (Å²) < 4.78 is 18.9. The Morgan fingerprint density at radius 2 is 1.86 bits per heavy atom. The van der Waals surface area contributed by atoms with Crippen LogP contribution in [0.25, 0.3) is 11.3 Å². The van der Waals surface area contributed by atoms with E-state index in [1.54, 1.807) is 25.1 Å². The zero-order valence-corrected chi connectivity index (χ0v) is 16.1. The number of nitrogens with zero attached hydrogens (tertiary/aromatic N) is 2. The number of carbonyl (C=O) groups excluding carboxylic acids is 1. The molecule has 0 fully saturated rings. The summed E-state index contributed by atoms with van der Waals surface area (Å²) in [4.78, 5) is 20.8. The van der Waals surface area contributed by atoms with Gasteiger partial charge in [0, 0.05) is 5.56 Å². The van der Waals surface area contributed by atoms with Crippen molar-refractivity contribution in [3.63, 3.8) is 0 Å². The van der Waals surface area contributed by atoms with Crippen LogP contribution in [0.2, 0.25) is 0 Å². The first-order valence-electron chi connectivity index (χ1n) is 9.01. The van der Waals surface area contributed by atoms with E-state index in [-0.39, 0.29) is 18.3 Å². The SMILES string of the molecule is Cc1ccc(C)c(OC(C)C(=O)NCc2cc(-c3ccc(F)cc3)ncn2)c1. The molecule has 28 heavy (non-hydrogen) atoms. The van der Waals surface area contributed by atoms with Gasteiger partial charge in [-0.15, -0.1) is 0 Å². The molecule has 1 amide bonds. The number of aromatic nitrogens is 2. The van der Waals surface area contributed by atoms with Crippen molar-refractivity contribution in [3.05, 3.63) is 77.5 Å². The summed E-state index contributed by atoms with van der Waals surface area (Å²) in [7, 11) is 0. The Bertz CT molecular complexity index is 974. The lowest BCUT2D eigenvalue weighted by molar-refractivity contribution is -0.127. The number of ether oxygens (including phenoxy) is 1. The molecule has 1 atom stereocenters. The van der Waals surface area contributed by atoms with Gasteiger partial charge in [-0.1, -0.05) is 12.1 Å². The minimum atomic E-state index is -0.640. The van der Waals surface area contributed by atoms with Crippen LogP contribution in [0.15, 0.2) is 54.9 Å². The molecule has 0 aliphatic heterocycles. The maximum atomic E-state index is 13.1. The topological polar surface area (TPSA) is 64.1 Å². The molecule has 0 spiro atoms. The molecule has 0 saturated heterocycles. The second-order valence-corrected chi connectivity index (χ2v) is 6.65. The molecule has 1 heterocycles. The summed E-state index contributed by atoms with van der Waals surface area (Å²) in [6, 6.07) is 13.7. The van der Waals surface area contributed by atoms with Crippen molar-refractivity contribution in [2.75, 3.05) is 0 Å². The van der Waals surface area contributed by atoms with Gasteiger partial charge in [0.15, 0.2) is 6.10 Å². The largest absolute Gasteiger partial charge is 0.481 e. The molecule has 1 aromatic heterocycles. The Labute approximate surface area is 163 Å². The number of hydrogen-bond donors (Lipinski definition) is 1. The number of rotatable bonds is 6. The number of amides is 1. The van der Waals surface area contributed by atoms with E-state index in [4.69, 9.17) is 4.74 Å². The zero-order valence-electron chi connectivity index (χ0n) is 16.1. The summed E-state index contributed by atoms with van der Waals surface area (Å²) in [5, 5.41) is 2.83. The van der Waals surface area contributed by atoms with Gasteiger partial charge >= 0.3 is 0 Å². The van der Waals surface area contributed by atoms with Crippen molar-refractivity contribution in [3.8, 4) is 17.0 Å². The Morgan fingerprint density at radius 1 is 1.11 bits per heavy atom. The van der Waals surface area contributed by atoms with E-state index in [1.165, 1.54) is 18.5 Å². The van der Waals surface area contributed by atoms with Crippen LogP contribution in [0.4, 0.5) is 4.39 Å². The lowest BCUT2D eigenvalue weighted by Crippen LogP contribution is -2.36. The van der Waals surface area contributed by atoms with Gasteiger partial charge in [0.1, 0.15) is 17.9 Å². The molecule has 1 unspecified atom stereocenters. The van der Waals surface area contributed by atoms with Gasteiger partial charge in [0.2, 0.25) is 0 Å². The zero-order chi connectivity index (χ0) is 20.1. The Hall–Kier alpha value is -3.28. The number of benzene rings is 2. The predicted octanol–water partition coefficient (Wildman–Crippen LogP) is 3.98. The molecule has 0 radical (unpaired) electrons. The summed E-state index contributed by atoms with van der Waals surface area (Å²) >= 11 is 0. The summed E-state index contributed by atoms with van der Waals surface area (Å²) in [6.45, 7) is 5.87. The van der Waals surface area contributed by atoms with Gasteiger partial charge in [-0.3, -0.25) is 4.79 Å². The molecule has 6 heteroatoms. The van der Waals surface area contributed by atoms with Gasteiger partial charge in [-0.25, -0.2) is 14.4 Å². The van der Waals surface area contributed by atoms with E-state index in [2.05, 4.69) is 15.3 Å². The first-order valence-corrected chi connectivity index (χ1v) is 9.01. The average Bonchev–Trinajstić information content (AvgIpc) is 2.69. The highest BCUT2D eigenvalue weighted by Gasteiger charge is 2.16. The lowest BCUT2D eigenvalue weighted by atomic mass is 10.1. The van der Waals surface area contributed by atoms with Crippen molar-refractivity contribution in [1.29, 1.82) is 0 Å². The monoisotopic (exact) mass is 379 g/mol. The second kappa shape index (κ2) is 8.61. The van der Waals surface area contributed by atoms with E-state index in [0.29, 0.717) is 17.1 Å². The molecule has 3 aromatic rings. The molecule has 144 valence electrons. The smallest absolute Gasteiger partial charge is 0.261 e. The van der Waals surface area contributed by atoms with Gasteiger partial charge in [-0.05, 0) is 68.3 Å². The molecule has 3 rings (SSSR count). The molecule has 5 nitrogen and oxygen atoms in total. The highest BCUT2D eigenvalue weighted by molar-refractivity contribution is 5.80. The van der Waals surface area contributed by atoms with Crippen molar-refractivity contribution in [2.45, 2.75) is 33.4 Å². The Morgan fingerprint density at radius 3 is 2.61 bits per heavy atom. The highest BCUT2D eigenvalue weighted by Crippen LogP contribution is 2.21. The maximum absolute atomic E-state index is 13.1. The van der Waals surface area contributed by atoms with Crippen LogP contribution in [-0.4, -0.2) is 22.0 Å². The van der Waals surface area contributed by atoms with Gasteiger partial charge in [0.05, 0.1) is 17.9 Å². The molecular formula is C22H22FN3O2. The molecule has 2 aromatic carbocycles. The van der Waals surface area contributed by atoms with Crippen molar-refractivity contribution in [2.24, 2.45) is 0 Å². The molecule has 0 bridgehead atoms. The minimum absolute atomic E-state index is 0.233. The van der Waals surface area contributed by atoms with Crippen LogP contribution in [-0.2, 0) is 11.3 Å². The van der Waals surface area contributed by atoms with Gasteiger partial charge < -0.3 is 10.1 Å². The third-order valence-corrected chi connectivity index (χ3v) is 4.32. The van der Waals surface area contributed by atoms with E-state index in [9.17, 15) is 9.18 Å². The van der Waals surface area contributed by atoms with Crippen LogP contribution < -0.4 is 10.1 Å². The first-order chi connectivity index (χ1) is 13.4. The third-order valence-electron chi connectivity index (χ3n) is 4.32. The van der Waals surface area contributed by atoms with E-state index < -0.39 is 6.10 Å². The fourth-order valence-electron chi connectivity index (χ4n) is 2.67.